The summed E-state index contributed by atoms with van der Waals surface area (Å²) in [6, 6.07) is -1.22. The molecular weight excluding hydrogens is 210 g/mol. The van der Waals surface area contributed by atoms with Gasteiger partial charge in [0.1, 0.15) is 12.1 Å². The first kappa shape index (κ1) is 12.5. The molecule has 1 heterocycles. The van der Waals surface area contributed by atoms with Crippen LogP contribution in [-0.2, 0) is 14.4 Å². The second kappa shape index (κ2) is 4.96. The van der Waals surface area contributed by atoms with Crippen LogP contribution in [0.3, 0.4) is 0 Å². The highest BCUT2D eigenvalue weighted by molar-refractivity contribution is 5.93. The van der Waals surface area contributed by atoms with Crippen molar-refractivity contribution in [1.82, 2.24) is 10.6 Å². The Labute approximate surface area is 93.9 Å². The average Bonchev–Trinajstić information content (AvgIpc) is 2.59. The van der Waals surface area contributed by atoms with Gasteiger partial charge >= 0.3 is 0 Å². The molecule has 1 aliphatic rings. The van der Waals surface area contributed by atoms with Crippen molar-refractivity contribution in [3.05, 3.63) is 0 Å². The smallest absolute Gasteiger partial charge is 0.243 e. The maximum Gasteiger partial charge on any atom is 0.243 e. The molecule has 0 aromatic heterocycles. The SMILES string of the molecule is CC(C)C(NC(=O)C1CCC(=O)N1)C(N)=O. The molecule has 6 heteroatoms. The molecule has 1 rings (SSSR count). The highest BCUT2D eigenvalue weighted by Gasteiger charge is 2.30. The standard InChI is InChI=1S/C10H17N3O3/c1-5(2)8(9(11)15)13-10(16)6-3-4-7(14)12-6/h5-6,8H,3-4H2,1-2H3,(H2,11,15)(H,12,14)(H,13,16). The van der Waals surface area contributed by atoms with Crippen LogP contribution in [0.5, 0.6) is 0 Å². The topological polar surface area (TPSA) is 101 Å². The normalized spacial score (nSPS) is 21.7. The molecule has 6 nitrogen and oxygen atoms in total. The summed E-state index contributed by atoms with van der Waals surface area (Å²) in [6.07, 6.45) is 0.815. The highest BCUT2D eigenvalue weighted by atomic mass is 16.2. The van der Waals surface area contributed by atoms with Gasteiger partial charge in [0, 0.05) is 6.42 Å². The van der Waals surface area contributed by atoms with E-state index in [0.717, 1.165) is 0 Å². The minimum Gasteiger partial charge on any atom is -0.368 e. The van der Waals surface area contributed by atoms with Crippen LogP contribution in [0, 0.1) is 5.92 Å². The van der Waals surface area contributed by atoms with Crippen LogP contribution >= 0.6 is 0 Å². The van der Waals surface area contributed by atoms with Crippen molar-refractivity contribution in [3.63, 3.8) is 0 Å². The fourth-order valence-corrected chi connectivity index (χ4v) is 1.63. The van der Waals surface area contributed by atoms with E-state index in [-0.39, 0.29) is 17.7 Å². The minimum atomic E-state index is -0.690. The van der Waals surface area contributed by atoms with Gasteiger partial charge in [0.2, 0.25) is 17.7 Å². The van der Waals surface area contributed by atoms with Gasteiger partial charge in [-0.25, -0.2) is 0 Å². The van der Waals surface area contributed by atoms with Crippen molar-refractivity contribution in [2.24, 2.45) is 11.7 Å². The fourth-order valence-electron chi connectivity index (χ4n) is 1.63. The molecule has 90 valence electrons. The lowest BCUT2D eigenvalue weighted by Crippen LogP contribution is -2.52. The monoisotopic (exact) mass is 227 g/mol. The molecule has 0 aromatic carbocycles. The molecule has 0 saturated carbocycles. The molecule has 16 heavy (non-hydrogen) atoms. The molecule has 0 radical (unpaired) electrons. The number of hydrogen-bond donors (Lipinski definition) is 3. The molecular formula is C10H17N3O3. The molecule has 0 spiro atoms. The van der Waals surface area contributed by atoms with E-state index in [0.29, 0.717) is 12.8 Å². The number of nitrogens with two attached hydrogens (primary N) is 1. The lowest BCUT2D eigenvalue weighted by molar-refractivity contribution is -0.130. The van der Waals surface area contributed by atoms with E-state index >= 15 is 0 Å². The van der Waals surface area contributed by atoms with Gasteiger partial charge in [-0.15, -0.1) is 0 Å². The summed E-state index contributed by atoms with van der Waals surface area (Å²) in [6.45, 7) is 3.59. The Morgan fingerprint density at radius 1 is 1.50 bits per heavy atom. The Balaban J connectivity index is 2.55. The molecule has 1 saturated heterocycles. The summed E-state index contributed by atoms with van der Waals surface area (Å²) in [4.78, 5) is 33.7. The molecule has 2 atom stereocenters. The Hall–Kier alpha value is -1.59. The van der Waals surface area contributed by atoms with Crippen molar-refractivity contribution in [2.45, 2.75) is 38.8 Å². The zero-order valence-corrected chi connectivity index (χ0v) is 9.45. The van der Waals surface area contributed by atoms with Gasteiger partial charge < -0.3 is 16.4 Å². The predicted molar refractivity (Wildman–Crippen MR) is 57.1 cm³/mol. The summed E-state index contributed by atoms with van der Waals surface area (Å²) in [5.74, 6) is -1.12. The Morgan fingerprint density at radius 3 is 2.50 bits per heavy atom. The third kappa shape index (κ3) is 2.95. The molecule has 4 N–H and O–H groups in total. The van der Waals surface area contributed by atoms with Crippen LogP contribution in [0.2, 0.25) is 0 Å². The first-order valence-corrected chi connectivity index (χ1v) is 5.31. The predicted octanol–water partition coefficient (Wildman–Crippen LogP) is -1.11. The number of hydrogen-bond acceptors (Lipinski definition) is 3. The summed E-state index contributed by atoms with van der Waals surface area (Å²) in [5.41, 5.74) is 5.17. The van der Waals surface area contributed by atoms with E-state index in [1.165, 1.54) is 0 Å². The van der Waals surface area contributed by atoms with E-state index in [9.17, 15) is 14.4 Å². The minimum absolute atomic E-state index is 0.0708. The van der Waals surface area contributed by atoms with Crippen LogP contribution < -0.4 is 16.4 Å². The van der Waals surface area contributed by atoms with Gasteiger partial charge in [-0.3, -0.25) is 14.4 Å². The van der Waals surface area contributed by atoms with Crippen LogP contribution in [0.25, 0.3) is 0 Å². The van der Waals surface area contributed by atoms with Gasteiger partial charge in [0.25, 0.3) is 0 Å². The summed E-state index contributed by atoms with van der Waals surface area (Å²) >= 11 is 0. The van der Waals surface area contributed by atoms with E-state index in [1.807, 2.05) is 0 Å². The van der Waals surface area contributed by atoms with Crippen LogP contribution in [-0.4, -0.2) is 29.8 Å². The number of carbonyl (C=O) groups is 3. The molecule has 1 fully saturated rings. The first-order chi connectivity index (χ1) is 7.41. The third-order valence-corrected chi connectivity index (χ3v) is 2.58. The number of primary amides is 1. The molecule has 0 aliphatic carbocycles. The zero-order chi connectivity index (χ0) is 12.3. The lowest BCUT2D eigenvalue weighted by Gasteiger charge is -2.20. The van der Waals surface area contributed by atoms with E-state index in [4.69, 9.17) is 5.73 Å². The first-order valence-electron chi connectivity index (χ1n) is 5.31. The fraction of sp³-hybridized carbons (Fsp3) is 0.700. The van der Waals surface area contributed by atoms with Crippen molar-refractivity contribution < 1.29 is 14.4 Å². The Bertz CT molecular complexity index is 314. The van der Waals surface area contributed by atoms with E-state index in [1.54, 1.807) is 13.8 Å². The summed E-state index contributed by atoms with van der Waals surface area (Å²) < 4.78 is 0. The van der Waals surface area contributed by atoms with Crippen molar-refractivity contribution in [2.75, 3.05) is 0 Å². The Kier molecular flexibility index (Phi) is 3.87. The van der Waals surface area contributed by atoms with Gasteiger partial charge in [0.05, 0.1) is 0 Å². The number of amides is 3. The Morgan fingerprint density at radius 2 is 2.12 bits per heavy atom. The maximum absolute atomic E-state index is 11.7. The van der Waals surface area contributed by atoms with Gasteiger partial charge in [-0.2, -0.15) is 0 Å². The van der Waals surface area contributed by atoms with Crippen molar-refractivity contribution in [1.29, 1.82) is 0 Å². The molecule has 3 amide bonds. The zero-order valence-electron chi connectivity index (χ0n) is 9.45. The average molecular weight is 227 g/mol. The second-order valence-electron chi connectivity index (χ2n) is 4.29. The summed E-state index contributed by atoms with van der Waals surface area (Å²) in [7, 11) is 0. The number of carbonyl (C=O) groups excluding carboxylic acids is 3. The highest BCUT2D eigenvalue weighted by Crippen LogP contribution is 2.08. The van der Waals surface area contributed by atoms with E-state index in [2.05, 4.69) is 10.6 Å². The van der Waals surface area contributed by atoms with Gasteiger partial charge in [-0.1, -0.05) is 13.8 Å². The van der Waals surface area contributed by atoms with Gasteiger partial charge in [-0.05, 0) is 12.3 Å². The molecule has 0 bridgehead atoms. The van der Waals surface area contributed by atoms with Crippen LogP contribution in [0.1, 0.15) is 26.7 Å². The van der Waals surface area contributed by atoms with Crippen LogP contribution in [0.15, 0.2) is 0 Å². The third-order valence-electron chi connectivity index (χ3n) is 2.58. The van der Waals surface area contributed by atoms with Gasteiger partial charge in [0.15, 0.2) is 0 Å². The molecule has 1 aliphatic heterocycles. The number of rotatable bonds is 4. The largest absolute Gasteiger partial charge is 0.368 e. The molecule has 0 aromatic rings. The van der Waals surface area contributed by atoms with E-state index < -0.39 is 18.0 Å². The van der Waals surface area contributed by atoms with Crippen molar-refractivity contribution >= 4 is 17.7 Å². The summed E-state index contributed by atoms with van der Waals surface area (Å²) in [5, 5.41) is 5.08. The van der Waals surface area contributed by atoms with Crippen molar-refractivity contribution in [3.8, 4) is 0 Å². The maximum atomic E-state index is 11.7. The molecule has 2 unspecified atom stereocenters. The van der Waals surface area contributed by atoms with Crippen LogP contribution in [0.4, 0.5) is 0 Å². The second-order valence-corrected chi connectivity index (χ2v) is 4.29. The number of nitrogens with one attached hydrogen (secondary N) is 2. The lowest BCUT2D eigenvalue weighted by atomic mass is 10.0. The quantitative estimate of drug-likeness (QED) is 0.567.